The van der Waals surface area contributed by atoms with Crippen LogP contribution in [-0.4, -0.2) is 44.9 Å². The zero-order valence-corrected chi connectivity index (χ0v) is 19.9. The first kappa shape index (κ1) is 22.5. The SMILES string of the molecule is COc1ccc(NC(=O)C(C)Sc2nc(C3CC3)nc3c2c(=O)[nH]c(=O)n3C2CC2)cc1OC. The molecule has 0 radical (unpaired) electrons. The Balaban J connectivity index is 1.47. The number of hydrogen-bond acceptors (Lipinski definition) is 8. The van der Waals surface area contributed by atoms with Crippen LogP contribution in [0.2, 0.25) is 0 Å². The first-order valence-corrected chi connectivity index (χ1v) is 12.0. The minimum Gasteiger partial charge on any atom is -0.493 e. The van der Waals surface area contributed by atoms with E-state index in [1.165, 1.54) is 18.9 Å². The summed E-state index contributed by atoms with van der Waals surface area (Å²) in [5, 5.41) is 2.97. The molecule has 2 heterocycles. The molecule has 2 aromatic heterocycles. The van der Waals surface area contributed by atoms with E-state index in [-0.39, 0.29) is 23.3 Å². The summed E-state index contributed by atoms with van der Waals surface area (Å²) < 4.78 is 12.1. The highest BCUT2D eigenvalue weighted by Crippen LogP contribution is 2.41. The minimum absolute atomic E-state index is 0.0393. The summed E-state index contributed by atoms with van der Waals surface area (Å²) in [4.78, 5) is 50.0. The van der Waals surface area contributed by atoms with Crippen molar-refractivity contribution in [2.75, 3.05) is 19.5 Å². The summed E-state index contributed by atoms with van der Waals surface area (Å²) in [6.07, 6.45) is 3.69. The van der Waals surface area contributed by atoms with Crippen LogP contribution in [-0.2, 0) is 4.79 Å². The number of carbonyl (C=O) groups excluding carboxylic acids is 1. The molecule has 2 saturated carbocycles. The third kappa shape index (κ3) is 4.27. The third-order valence-corrected chi connectivity index (χ3v) is 7.02. The molecular formula is C23H25N5O5S. The number of aromatic amines is 1. The zero-order valence-electron chi connectivity index (χ0n) is 19.1. The van der Waals surface area contributed by atoms with E-state index in [2.05, 4.69) is 20.3 Å². The summed E-state index contributed by atoms with van der Waals surface area (Å²) in [7, 11) is 3.07. The van der Waals surface area contributed by atoms with Gasteiger partial charge in [0.05, 0.1) is 19.5 Å². The summed E-state index contributed by atoms with van der Waals surface area (Å²) in [6.45, 7) is 1.75. The van der Waals surface area contributed by atoms with Gasteiger partial charge in [0, 0.05) is 23.7 Å². The van der Waals surface area contributed by atoms with Crippen LogP contribution in [0.15, 0.2) is 32.8 Å². The Morgan fingerprint density at radius 3 is 2.53 bits per heavy atom. The zero-order chi connectivity index (χ0) is 24.0. The van der Waals surface area contributed by atoms with Gasteiger partial charge >= 0.3 is 5.69 Å². The molecule has 10 nitrogen and oxygen atoms in total. The number of nitrogens with zero attached hydrogens (tertiary/aromatic N) is 3. The Morgan fingerprint density at radius 1 is 1.15 bits per heavy atom. The molecule has 3 aromatic rings. The van der Waals surface area contributed by atoms with Crippen LogP contribution >= 0.6 is 11.8 Å². The number of ether oxygens (including phenoxy) is 2. The highest BCUT2D eigenvalue weighted by atomic mass is 32.2. The van der Waals surface area contributed by atoms with Crippen molar-refractivity contribution in [2.24, 2.45) is 0 Å². The molecule has 0 spiro atoms. The standard InChI is InChI=1S/C23H25N5O5S/c1-11(20(29)24-13-6-9-15(32-2)16(10-13)33-3)34-22-17-19(25-18(26-22)12-4-5-12)28(14-7-8-14)23(31)27-21(17)30/h6,9-12,14H,4-5,7-8H2,1-3H3,(H,24,29)(H,27,30,31). The van der Waals surface area contributed by atoms with Crippen LogP contribution in [0.25, 0.3) is 11.0 Å². The maximum atomic E-state index is 13.0. The van der Waals surface area contributed by atoms with E-state index in [9.17, 15) is 14.4 Å². The van der Waals surface area contributed by atoms with Gasteiger partial charge in [-0.3, -0.25) is 19.1 Å². The van der Waals surface area contributed by atoms with Gasteiger partial charge in [-0.1, -0.05) is 11.8 Å². The monoisotopic (exact) mass is 483 g/mol. The van der Waals surface area contributed by atoms with E-state index in [0.717, 1.165) is 25.7 Å². The van der Waals surface area contributed by atoms with Crippen molar-refractivity contribution in [3.63, 3.8) is 0 Å². The Bertz CT molecular complexity index is 1390. The van der Waals surface area contributed by atoms with Crippen LogP contribution in [0, 0.1) is 0 Å². The minimum atomic E-state index is -0.570. The molecule has 178 valence electrons. The number of hydrogen-bond donors (Lipinski definition) is 2. The lowest BCUT2D eigenvalue weighted by atomic mass is 10.2. The molecule has 0 aliphatic heterocycles. The number of aromatic nitrogens is 4. The number of carbonyl (C=O) groups is 1. The Kier molecular flexibility index (Phi) is 5.80. The van der Waals surface area contributed by atoms with Gasteiger partial charge in [0.2, 0.25) is 5.91 Å². The van der Waals surface area contributed by atoms with E-state index in [1.54, 1.807) is 36.8 Å². The van der Waals surface area contributed by atoms with Crippen LogP contribution in [0.1, 0.15) is 50.4 Å². The predicted octanol–water partition coefficient (Wildman–Crippen LogP) is 2.83. The number of fused-ring (bicyclic) bond motifs is 1. The predicted molar refractivity (Wildman–Crippen MR) is 128 cm³/mol. The lowest BCUT2D eigenvalue weighted by Gasteiger charge is -2.15. The van der Waals surface area contributed by atoms with Gasteiger partial charge in [0.25, 0.3) is 5.56 Å². The fraction of sp³-hybridized carbons (Fsp3) is 0.435. The molecule has 2 fully saturated rings. The second-order valence-corrected chi connectivity index (χ2v) is 9.87. The molecule has 2 N–H and O–H groups in total. The number of amides is 1. The van der Waals surface area contributed by atoms with Gasteiger partial charge in [0.15, 0.2) is 17.1 Å². The number of H-pyrrole nitrogens is 1. The van der Waals surface area contributed by atoms with E-state index in [0.29, 0.717) is 33.7 Å². The van der Waals surface area contributed by atoms with Gasteiger partial charge in [-0.15, -0.1) is 0 Å². The lowest BCUT2D eigenvalue weighted by Crippen LogP contribution is -2.31. The summed E-state index contributed by atoms with van der Waals surface area (Å²) >= 11 is 1.18. The van der Waals surface area contributed by atoms with Gasteiger partial charge in [-0.25, -0.2) is 14.8 Å². The van der Waals surface area contributed by atoms with Crippen molar-refractivity contribution in [2.45, 2.75) is 54.8 Å². The summed E-state index contributed by atoms with van der Waals surface area (Å²) in [5.74, 6) is 1.65. The maximum Gasteiger partial charge on any atom is 0.330 e. The average Bonchev–Trinajstić information content (AvgIpc) is 3.72. The largest absolute Gasteiger partial charge is 0.493 e. The van der Waals surface area contributed by atoms with E-state index < -0.39 is 16.5 Å². The highest BCUT2D eigenvalue weighted by Gasteiger charge is 2.33. The Hall–Kier alpha value is -3.34. The molecule has 1 amide bonds. The molecule has 0 bridgehead atoms. The smallest absolute Gasteiger partial charge is 0.330 e. The molecule has 1 aromatic carbocycles. The summed E-state index contributed by atoms with van der Waals surface area (Å²) in [5.41, 5.74) is -0.0604. The van der Waals surface area contributed by atoms with Gasteiger partial charge in [-0.2, -0.15) is 0 Å². The van der Waals surface area contributed by atoms with Gasteiger partial charge in [-0.05, 0) is 44.7 Å². The van der Waals surface area contributed by atoms with Crippen molar-refractivity contribution < 1.29 is 14.3 Å². The third-order valence-electron chi connectivity index (χ3n) is 5.93. The van der Waals surface area contributed by atoms with Crippen molar-refractivity contribution in [1.29, 1.82) is 0 Å². The second-order valence-electron chi connectivity index (χ2n) is 8.54. The quantitative estimate of drug-likeness (QED) is 0.370. The normalized spacial score (nSPS) is 16.3. The van der Waals surface area contributed by atoms with Gasteiger partial charge in [0.1, 0.15) is 16.2 Å². The fourth-order valence-electron chi connectivity index (χ4n) is 3.79. The first-order chi connectivity index (χ1) is 16.4. The number of thioether (sulfide) groups is 1. The van der Waals surface area contributed by atoms with E-state index in [4.69, 9.17) is 9.47 Å². The van der Waals surface area contributed by atoms with Crippen LogP contribution < -0.4 is 26.0 Å². The van der Waals surface area contributed by atoms with E-state index >= 15 is 0 Å². The van der Waals surface area contributed by atoms with Gasteiger partial charge < -0.3 is 14.8 Å². The van der Waals surface area contributed by atoms with Crippen LogP contribution in [0.3, 0.4) is 0 Å². The Labute approximate surface area is 199 Å². The van der Waals surface area contributed by atoms with Crippen LogP contribution in [0.5, 0.6) is 11.5 Å². The molecule has 34 heavy (non-hydrogen) atoms. The molecule has 1 unspecified atom stereocenters. The Morgan fingerprint density at radius 2 is 1.88 bits per heavy atom. The summed E-state index contributed by atoms with van der Waals surface area (Å²) in [6, 6.07) is 5.15. The molecule has 2 aliphatic rings. The number of methoxy groups -OCH3 is 2. The number of anilines is 1. The topological polar surface area (TPSA) is 128 Å². The first-order valence-electron chi connectivity index (χ1n) is 11.2. The highest BCUT2D eigenvalue weighted by molar-refractivity contribution is 8.00. The second kappa shape index (κ2) is 8.79. The molecular weight excluding hydrogens is 458 g/mol. The molecule has 11 heteroatoms. The average molecular weight is 484 g/mol. The van der Waals surface area contributed by atoms with Crippen LogP contribution in [0.4, 0.5) is 5.69 Å². The molecule has 0 saturated heterocycles. The maximum absolute atomic E-state index is 13.0. The van der Waals surface area contributed by atoms with E-state index in [1.807, 2.05) is 0 Å². The lowest BCUT2D eigenvalue weighted by molar-refractivity contribution is -0.115. The number of benzene rings is 1. The van der Waals surface area contributed by atoms with Crippen molar-refractivity contribution >= 4 is 34.4 Å². The number of nitrogens with one attached hydrogen (secondary N) is 2. The molecule has 1 atom stereocenters. The van der Waals surface area contributed by atoms with Crippen molar-refractivity contribution in [3.05, 3.63) is 44.9 Å². The number of rotatable bonds is 8. The van der Waals surface area contributed by atoms with Crippen molar-refractivity contribution in [1.82, 2.24) is 19.5 Å². The molecule has 2 aliphatic carbocycles. The fourth-order valence-corrected chi connectivity index (χ4v) is 4.74. The molecule has 5 rings (SSSR count). The van der Waals surface area contributed by atoms with Crippen molar-refractivity contribution in [3.8, 4) is 11.5 Å².